The molecule has 5 heteroatoms. The molecule has 39 heavy (non-hydrogen) atoms. The smallest absolute Gasteiger partial charge is 1.00 e. The minimum Gasteiger partial charge on any atom is -1.00 e. The SMILES string of the molecule is CC(C)CP(CC(C)C)C1=Cc2ccccc2[CH]1[Zr+2][CH]1C(P(C(C)(C)C)C(C)(C)C)=Cc2ccccc21.[Cl-].[Cl-]. The maximum absolute atomic E-state index is 2.66. The normalized spacial score (nSPS) is 18.4. The summed E-state index contributed by atoms with van der Waals surface area (Å²) in [6.07, 6.45) is 8.07. The van der Waals surface area contributed by atoms with Crippen LogP contribution in [-0.4, -0.2) is 22.6 Å². The van der Waals surface area contributed by atoms with Crippen molar-refractivity contribution in [3.05, 3.63) is 81.4 Å². The first-order valence-corrected chi connectivity index (χ1v) is 20.1. The zero-order valence-electron chi connectivity index (χ0n) is 25.6. The first kappa shape index (κ1) is 35.4. The Hall–Kier alpha value is 0.243. The van der Waals surface area contributed by atoms with E-state index in [1.165, 1.54) is 23.5 Å². The Morgan fingerprint density at radius 1 is 0.641 bits per heavy atom. The van der Waals surface area contributed by atoms with Crippen LogP contribution in [0.5, 0.6) is 0 Å². The molecule has 4 rings (SSSR count). The fourth-order valence-corrected chi connectivity index (χ4v) is 21.4. The van der Waals surface area contributed by atoms with Gasteiger partial charge in [-0.25, -0.2) is 0 Å². The summed E-state index contributed by atoms with van der Waals surface area (Å²) in [5.74, 6) is 1.52. The molecule has 0 bridgehead atoms. The van der Waals surface area contributed by atoms with Crippen molar-refractivity contribution in [2.75, 3.05) is 12.3 Å². The minimum absolute atomic E-state index is 0. The number of benzene rings is 2. The van der Waals surface area contributed by atoms with Crippen LogP contribution in [0.15, 0.2) is 59.2 Å². The Bertz CT molecular complexity index is 1150. The molecule has 0 amide bonds. The second-order valence-electron chi connectivity index (χ2n) is 13.8. The van der Waals surface area contributed by atoms with Crippen LogP contribution >= 0.6 is 15.8 Å². The monoisotopic (exact) mass is 678 g/mol. The van der Waals surface area contributed by atoms with Crippen LogP contribution in [0.4, 0.5) is 0 Å². The molecule has 2 unspecified atom stereocenters. The van der Waals surface area contributed by atoms with Crippen LogP contribution in [0.3, 0.4) is 0 Å². The molecule has 0 radical (unpaired) electrons. The van der Waals surface area contributed by atoms with Gasteiger partial charge in [0.25, 0.3) is 0 Å². The van der Waals surface area contributed by atoms with Gasteiger partial charge in [-0.1, -0.05) is 0 Å². The number of fused-ring (bicyclic) bond motifs is 2. The van der Waals surface area contributed by atoms with E-state index in [1.807, 2.05) is 10.6 Å². The number of hydrogen-bond acceptors (Lipinski definition) is 0. The second kappa shape index (κ2) is 14.1. The molecule has 0 nitrogen and oxygen atoms in total. The predicted molar refractivity (Wildman–Crippen MR) is 167 cm³/mol. The fraction of sp³-hybridized carbons (Fsp3) is 0.529. The Morgan fingerprint density at radius 2 is 1.03 bits per heavy atom. The second-order valence-corrected chi connectivity index (χ2v) is 23.7. The molecule has 212 valence electrons. The van der Waals surface area contributed by atoms with E-state index in [0.29, 0.717) is 17.6 Å². The summed E-state index contributed by atoms with van der Waals surface area (Å²) in [5, 5.41) is 4.26. The van der Waals surface area contributed by atoms with Crippen molar-refractivity contribution < 1.29 is 48.0 Å². The maximum Gasteiger partial charge on any atom is -1.00 e. The topological polar surface area (TPSA) is 0 Å². The Labute approximate surface area is 266 Å². The van der Waals surface area contributed by atoms with Gasteiger partial charge in [0.1, 0.15) is 0 Å². The quantitative estimate of drug-likeness (QED) is 0.339. The Morgan fingerprint density at radius 3 is 1.44 bits per heavy atom. The number of hydrogen-bond donors (Lipinski definition) is 0. The molecule has 0 aliphatic heterocycles. The first-order chi connectivity index (χ1) is 17.3. The van der Waals surface area contributed by atoms with Crippen LogP contribution in [0.2, 0.25) is 0 Å². The maximum atomic E-state index is 2.66. The van der Waals surface area contributed by atoms with Gasteiger partial charge in [0.2, 0.25) is 0 Å². The average molecular weight is 681 g/mol. The summed E-state index contributed by atoms with van der Waals surface area (Å²) in [7, 11) is -0.384. The van der Waals surface area contributed by atoms with E-state index in [0.717, 1.165) is 11.8 Å². The molecule has 0 aromatic heterocycles. The van der Waals surface area contributed by atoms with E-state index < -0.39 is 23.2 Å². The number of rotatable bonds is 8. The zero-order valence-corrected chi connectivity index (χ0v) is 31.4. The van der Waals surface area contributed by atoms with Gasteiger partial charge in [-0.3, -0.25) is 0 Å². The van der Waals surface area contributed by atoms with Crippen molar-refractivity contribution in [3.8, 4) is 0 Å². The van der Waals surface area contributed by atoms with E-state index in [4.69, 9.17) is 0 Å². The van der Waals surface area contributed by atoms with Crippen LogP contribution in [0, 0.1) is 11.8 Å². The van der Waals surface area contributed by atoms with Gasteiger partial charge in [-0.05, 0) is 0 Å². The standard InChI is InChI=1S/2C17H24P.2ClH.Zr/c1-16(2,3)18(17(4,5)6)15-11-13-9-7-8-10-14(13)12-15;1-13(2)11-18(12-14(3)4)17-9-15-7-5-6-8-16(15)10-17;;;/h7-12H,1-6H3;5-10,13-14H,11-12H2,1-4H3;2*1H;/q;;;;+2/p-2. The molecule has 0 saturated heterocycles. The van der Waals surface area contributed by atoms with Gasteiger partial charge < -0.3 is 24.8 Å². The molecule has 0 N–H and O–H groups in total. The third-order valence-electron chi connectivity index (χ3n) is 7.28. The van der Waals surface area contributed by atoms with Crippen molar-refractivity contribution in [1.29, 1.82) is 0 Å². The first-order valence-electron chi connectivity index (χ1n) is 14.2. The van der Waals surface area contributed by atoms with Gasteiger partial charge in [0.15, 0.2) is 0 Å². The third-order valence-corrected chi connectivity index (χ3v) is 20.2. The van der Waals surface area contributed by atoms with Gasteiger partial charge >= 0.3 is 244 Å². The molecule has 0 spiro atoms. The zero-order chi connectivity index (χ0) is 27.1. The average Bonchev–Trinajstić information content (AvgIpc) is 3.30. The molecule has 2 aliphatic carbocycles. The Kier molecular flexibility index (Phi) is 12.9. The van der Waals surface area contributed by atoms with Crippen LogP contribution < -0.4 is 24.8 Å². The molecule has 0 saturated carbocycles. The van der Waals surface area contributed by atoms with Crippen LogP contribution in [0.25, 0.3) is 12.2 Å². The predicted octanol–water partition coefficient (Wildman–Crippen LogP) is 5.14. The van der Waals surface area contributed by atoms with Crippen molar-refractivity contribution in [3.63, 3.8) is 0 Å². The van der Waals surface area contributed by atoms with E-state index in [-0.39, 0.29) is 40.7 Å². The molecule has 0 heterocycles. The molecule has 2 aliphatic rings. The summed E-state index contributed by atoms with van der Waals surface area (Å²) in [6, 6.07) is 18.8. The van der Waals surface area contributed by atoms with Gasteiger partial charge in [-0.2, -0.15) is 0 Å². The molecule has 2 aromatic rings. The minimum atomic E-state index is -0.910. The summed E-state index contributed by atoms with van der Waals surface area (Å²) >= 11 is -0.910. The molecule has 2 atom stereocenters. The van der Waals surface area contributed by atoms with Crippen molar-refractivity contribution in [1.82, 2.24) is 0 Å². The van der Waals surface area contributed by atoms with Gasteiger partial charge in [0, 0.05) is 0 Å². The van der Waals surface area contributed by atoms with Crippen LogP contribution in [0.1, 0.15) is 98.7 Å². The molecule has 2 aromatic carbocycles. The molecule has 0 fully saturated rings. The van der Waals surface area contributed by atoms with E-state index in [2.05, 4.69) is 130 Å². The largest absolute Gasteiger partial charge is 1.00 e. The van der Waals surface area contributed by atoms with E-state index in [9.17, 15) is 0 Å². The van der Waals surface area contributed by atoms with Crippen molar-refractivity contribution in [2.45, 2.75) is 86.8 Å². The molecular weight excluding hydrogens is 632 g/mol. The fourth-order valence-electron chi connectivity index (χ4n) is 6.55. The van der Waals surface area contributed by atoms with Crippen LogP contribution in [-0.2, 0) is 23.2 Å². The van der Waals surface area contributed by atoms with Crippen molar-refractivity contribution >= 4 is 28.0 Å². The summed E-state index contributed by atoms with van der Waals surface area (Å²) in [6.45, 7) is 24.7. The van der Waals surface area contributed by atoms with Gasteiger partial charge in [-0.15, -0.1) is 0 Å². The third kappa shape index (κ3) is 8.21. The van der Waals surface area contributed by atoms with Gasteiger partial charge in [0.05, 0.1) is 0 Å². The summed E-state index contributed by atoms with van der Waals surface area (Å²) in [4.78, 5) is 0. The van der Waals surface area contributed by atoms with E-state index >= 15 is 0 Å². The summed E-state index contributed by atoms with van der Waals surface area (Å²) < 4.78 is 1.39. The molecular formula is C34H48Cl2P2Zr. The van der Waals surface area contributed by atoms with Crippen molar-refractivity contribution in [2.24, 2.45) is 11.8 Å². The number of halogens is 2. The Balaban J connectivity index is 0.00000267. The summed E-state index contributed by atoms with van der Waals surface area (Å²) in [5.41, 5.74) is 6.33. The van der Waals surface area contributed by atoms with E-state index in [1.54, 1.807) is 11.1 Å². The number of allylic oxidation sites excluding steroid dienone is 2.